The van der Waals surface area contributed by atoms with Gasteiger partial charge >= 0.3 is 5.97 Å². The number of hydrogen-bond acceptors (Lipinski definition) is 10. The van der Waals surface area contributed by atoms with Gasteiger partial charge in [-0.15, -0.1) is 0 Å². The van der Waals surface area contributed by atoms with E-state index in [0.29, 0.717) is 0 Å². The van der Waals surface area contributed by atoms with Crippen LogP contribution in [0.4, 0.5) is 0 Å². The molecule has 2 aliphatic heterocycles. The maximum Gasteiger partial charge on any atom is 0.335 e. The minimum atomic E-state index is -1.89. The van der Waals surface area contributed by atoms with Gasteiger partial charge in [0, 0.05) is 0 Å². The van der Waals surface area contributed by atoms with E-state index in [0.717, 1.165) is 0 Å². The summed E-state index contributed by atoms with van der Waals surface area (Å²) in [5.74, 6) is -1.60. The normalized spacial score (nSPS) is 49.8. The maximum atomic E-state index is 10.9. The monoisotopic (exact) mass is 326 g/mol. The zero-order valence-electron chi connectivity index (χ0n) is 11.2. The molecule has 2 rings (SSSR count). The summed E-state index contributed by atoms with van der Waals surface area (Å²) < 4.78 is 14.6. The zero-order valence-corrected chi connectivity index (χ0v) is 11.2. The Kier molecular flexibility index (Phi) is 5.32. The van der Waals surface area contributed by atoms with E-state index in [1.165, 1.54) is 0 Å². The molecule has 11 heteroatoms. The van der Waals surface area contributed by atoms with Gasteiger partial charge in [0.2, 0.25) is 0 Å². The highest BCUT2D eigenvalue weighted by Gasteiger charge is 2.50. The third-order valence-electron chi connectivity index (χ3n) is 3.55. The van der Waals surface area contributed by atoms with Crippen LogP contribution in [0.15, 0.2) is 0 Å². The fourth-order valence-electron chi connectivity index (χ4n) is 2.25. The van der Waals surface area contributed by atoms with E-state index in [2.05, 4.69) is 0 Å². The SMILES string of the molecule is O=C(O)[C@H]1O[C@H](O[C@H]2C(O)OC[C@@H](O)[C@@H]2O)[C@H](O)[C@@H](O)[C@@H]1O. The van der Waals surface area contributed by atoms with Crippen molar-refractivity contribution in [2.24, 2.45) is 0 Å². The molecule has 0 amide bonds. The quantitative estimate of drug-likeness (QED) is 0.264. The van der Waals surface area contributed by atoms with Gasteiger partial charge in [-0.05, 0) is 0 Å². The van der Waals surface area contributed by atoms with Crippen LogP contribution in [0.25, 0.3) is 0 Å². The van der Waals surface area contributed by atoms with Crippen molar-refractivity contribution in [3.63, 3.8) is 0 Å². The van der Waals surface area contributed by atoms with Gasteiger partial charge in [0.15, 0.2) is 18.7 Å². The summed E-state index contributed by atoms with van der Waals surface area (Å²) in [4.78, 5) is 10.9. The molecule has 7 N–H and O–H groups in total. The lowest BCUT2D eigenvalue weighted by Crippen LogP contribution is -2.63. The first kappa shape index (κ1) is 17.5. The lowest BCUT2D eigenvalue weighted by atomic mass is 9.98. The van der Waals surface area contributed by atoms with Gasteiger partial charge in [0.1, 0.15) is 36.6 Å². The Labute approximate surface area is 123 Å². The minimum Gasteiger partial charge on any atom is -0.479 e. The van der Waals surface area contributed by atoms with Crippen LogP contribution in [0.5, 0.6) is 0 Å². The highest BCUT2D eigenvalue weighted by Crippen LogP contribution is 2.26. The number of rotatable bonds is 3. The third kappa shape index (κ3) is 3.22. The number of aliphatic hydroxyl groups excluding tert-OH is 6. The smallest absolute Gasteiger partial charge is 0.335 e. The molecule has 0 aromatic heterocycles. The van der Waals surface area contributed by atoms with Crippen molar-refractivity contribution in [3.05, 3.63) is 0 Å². The predicted molar refractivity (Wildman–Crippen MR) is 63.2 cm³/mol. The summed E-state index contributed by atoms with van der Waals surface area (Å²) in [6.07, 6.45) is -15.5. The van der Waals surface area contributed by atoms with Crippen LogP contribution in [0.2, 0.25) is 0 Å². The summed E-state index contributed by atoms with van der Waals surface area (Å²) in [7, 11) is 0. The third-order valence-corrected chi connectivity index (χ3v) is 3.55. The van der Waals surface area contributed by atoms with Crippen molar-refractivity contribution in [2.45, 2.75) is 55.3 Å². The second-order valence-electron chi connectivity index (χ2n) is 5.12. The molecular formula is C11H18O11. The molecule has 1 unspecified atom stereocenters. The van der Waals surface area contributed by atoms with E-state index in [1.54, 1.807) is 0 Å². The van der Waals surface area contributed by atoms with Gasteiger partial charge in [-0.2, -0.15) is 0 Å². The molecule has 2 heterocycles. The van der Waals surface area contributed by atoms with Gasteiger partial charge in [0.25, 0.3) is 0 Å². The number of carboxylic acid groups (broad SMARTS) is 1. The minimum absolute atomic E-state index is 0.352. The number of carboxylic acids is 1. The topological polar surface area (TPSA) is 186 Å². The molecule has 0 radical (unpaired) electrons. The van der Waals surface area contributed by atoms with E-state index >= 15 is 0 Å². The molecule has 128 valence electrons. The molecule has 2 fully saturated rings. The summed E-state index contributed by atoms with van der Waals surface area (Å²) >= 11 is 0. The van der Waals surface area contributed by atoms with Crippen LogP contribution in [0.3, 0.4) is 0 Å². The Morgan fingerprint density at radius 3 is 2.18 bits per heavy atom. The predicted octanol–water partition coefficient (Wildman–Crippen LogP) is -4.67. The summed E-state index contributed by atoms with van der Waals surface area (Å²) in [5, 5.41) is 66.5. The summed E-state index contributed by atoms with van der Waals surface area (Å²) in [5.41, 5.74) is 0. The second kappa shape index (κ2) is 6.70. The highest BCUT2D eigenvalue weighted by atomic mass is 16.7. The van der Waals surface area contributed by atoms with Gasteiger partial charge in [0.05, 0.1) is 6.61 Å². The largest absolute Gasteiger partial charge is 0.479 e. The van der Waals surface area contributed by atoms with E-state index in [-0.39, 0.29) is 6.61 Å². The average molecular weight is 326 g/mol. The Morgan fingerprint density at radius 1 is 0.955 bits per heavy atom. The van der Waals surface area contributed by atoms with E-state index in [9.17, 15) is 35.4 Å². The number of aliphatic carboxylic acids is 1. The van der Waals surface area contributed by atoms with Gasteiger partial charge < -0.3 is 50.0 Å². The van der Waals surface area contributed by atoms with Crippen LogP contribution in [0, 0.1) is 0 Å². The Balaban J connectivity index is 2.11. The van der Waals surface area contributed by atoms with Crippen LogP contribution in [0.1, 0.15) is 0 Å². The molecule has 0 spiro atoms. The van der Waals surface area contributed by atoms with Crippen LogP contribution < -0.4 is 0 Å². The van der Waals surface area contributed by atoms with Crippen LogP contribution >= 0.6 is 0 Å². The molecule has 0 aliphatic carbocycles. The first-order chi connectivity index (χ1) is 10.2. The lowest BCUT2D eigenvalue weighted by molar-refractivity contribution is -0.347. The zero-order chi connectivity index (χ0) is 16.6. The van der Waals surface area contributed by atoms with Crippen LogP contribution in [-0.4, -0.2) is 104 Å². The van der Waals surface area contributed by atoms with Crippen molar-refractivity contribution in [3.8, 4) is 0 Å². The summed E-state index contributed by atoms with van der Waals surface area (Å²) in [6.45, 7) is -0.352. The second-order valence-corrected chi connectivity index (χ2v) is 5.12. The number of hydrogen-bond donors (Lipinski definition) is 7. The highest BCUT2D eigenvalue weighted by molar-refractivity contribution is 5.73. The molecule has 2 saturated heterocycles. The van der Waals surface area contributed by atoms with Gasteiger partial charge in [-0.25, -0.2) is 4.79 Å². The number of aliphatic hydroxyl groups is 6. The van der Waals surface area contributed by atoms with Crippen molar-refractivity contribution in [2.75, 3.05) is 6.61 Å². The van der Waals surface area contributed by atoms with Crippen molar-refractivity contribution < 1.29 is 54.8 Å². The van der Waals surface area contributed by atoms with Crippen molar-refractivity contribution >= 4 is 5.97 Å². The first-order valence-electron chi connectivity index (χ1n) is 6.47. The fraction of sp³-hybridized carbons (Fsp3) is 0.909. The Bertz CT molecular complexity index is 403. The standard InChI is InChI=1S/C11H18O11/c12-2-1-20-10(19)8(3(2)13)22-11-6(16)4(14)5(15)7(21-11)9(17)18/h2-8,10-16,19H,1H2,(H,17,18)/t2-,3+,4+,5+,6-,7+,8-,10?,11-/m1/s1. The van der Waals surface area contributed by atoms with Crippen molar-refractivity contribution in [1.29, 1.82) is 0 Å². The fourth-order valence-corrected chi connectivity index (χ4v) is 2.25. The van der Waals surface area contributed by atoms with Crippen LogP contribution in [-0.2, 0) is 19.0 Å². The van der Waals surface area contributed by atoms with Gasteiger partial charge in [-0.1, -0.05) is 0 Å². The number of ether oxygens (including phenoxy) is 3. The Morgan fingerprint density at radius 2 is 1.59 bits per heavy atom. The molecule has 0 saturated carbocycles. The maximum absolute atomic E-state index is 10.9. The first-order valence-corrected chi connectivity index (χ1v) is 6.47. The molecule has 0 aromatic carbocycles. The molecule has 22 heavy (non-hydrogen) atoms. The molecule has 9 atom stereocenters. The number of carbonyl (C=O) groups is 1. The molecular weight excluding hydrogens is 308 g/mol. The average Bonchev–Trinajstić information content (AvgIpc) is 2.47. The van der Waals surface area contributed by atoms with Crippen molar-refractivity contribution in [1.82, 2.24) is 0 Å². The molecule has 11 nitrogen and oxygen atoms in total. The molecule has 2 aliphatic rings. The Hall–Kier alpha value is -0.890. The molecule has 0 bridgehead atoms. The summed E-state index contributed by atoms with van der Waals surface area (Å²) in [6, 6.07) is 0. The van der Waals surface area contributed by atoms with Gasteiger partial charge in [-0.3, -0.25) is 0 Å². The lowest BCUT2D eigenvalue weighted by Gasteiger charge is -2.42. The van der Waals surface area contributed by atoms with E-state index in [1.807, 2.05) is 0 Å². The molecule has 0 aromatic rings. The van der Waals surface area contributed by atoms with E-state index < -0.39 is 61.3 Å². The van der Waals surface area contributed by atoms with E-state index in [4.69, 9.17) is 19.3 Å².